The van der Waals surface area contributed by atoms with E-state index in [1.54, 1.807) is 36.2 Å². The number of rotatable bonds is 2. The molecule has 0 saturated carbocycles. The Bertz CT molecular complexity index is 1190. The lowest BCUT2D eigenvalue weighted by Crippen LogP contribution is -2.49. The van der Waals surface area contributed by atoms with Gasteiger partial charge in [0.2, 0.25) is 0 Å². The SMILES string of the molecule is Cn1c(=O)c(C#N)c(N2CCN(C(=O)c3ccc(Cl)cc3)CC2)c2ccccc21.N. The molecule has 0 atom stereocenters. The Labute approximate surface area is 179 Å². The molecule has 154 valence electrons. The van der Waals surface area contributed by atoms with Crippen LogP contribution in [0.1, 0.15) is 15.9 Å². The van der Waals surface area contributed by atoms with Gasteiger partial charge >= 0.3 is 0 Å². The van der Waals surface area contributed by atoms with E-state index in [0.717, 1.165) is 10.9 Å². The second-order valence-electron chi connectivity index (χ2n) is 7.00. The minimum Gasteiger partial charge on any atom is -0.366 e. The smallest absolute Gasteiger partial charge is 0.270 e. The monoisotopic (exact) mass is 423 g/mol. The summed E-state index contributed by atoms with van der Waals surface area (Å²) in [4.78, 5) is 29.3. The third-order valence-electron chi connectivity index (χ3n) is 5.36. The van der Waals surface area contributed by atoms with Gasteiger partial charge in [0.15, 0.2) is 0 Å². The first kappa shape index (κ1) is 21.4. The Kier molecular flexibility index (Phi) is 6.11. The molecule has 1 saturated heterocycles. The summed E-state index contributed by atoms with van der Waals surface area (Å²) in [5.41, 5.74) is 1.88. The maximum atomic E-state index is 12.7. The molecule has 2 heterocycles. The van der Waals surface area contributed by atoms with Gasteiger partial charge in [-0.05, 0) is 30.3 Å². The number of aryl methyl sites for hydroxylation is 1. The molecule has 0 aliphatic carbocycles. The molecule has 1 fully saturated rings. The molecule has 0 radical (unpaired) electrons. The van der Waals surface area contributed by atoms with Crippen LogP contribution in [0.4, 0.5) is 5.69 Å². The summed E-state index contributed by atoms with van der Waals surface area (Å²) in [6.45, 7) is 2.11. The highest BCUT2D eigenvalue weighted by Gasteiger charge is 2.26. The molecule has 7 nitrogen and oxygen atoms in total. The number of aromatic nitrogens is 1. The quantitative estimate of drug-likeness (QED) is 0.681. The molecule has 0 unspecified atom stereocenters. The molecule has 1 aliphatic heterocycles. The van der Waals surface area contributed by atoms with Gasteiger partial charge in [0.05, 0.1) is 11.2 Å². The Morgan fingerprint density at radius 1 is 1.03 bits per heavy atom. The highest BCUT2D eigenvalue weighted by Crippen LogP contribution is 2.29. The zero-order valence-electron chi connectivity index (χ0n) is 16.6. The molecule has 30 heavy (non-hydrogen) atoms. The van der Waals surface area contributed by atoms with Gasteiger partial charge in [0.25, 0.3) is 11.5 Å². The van der Waals surface area contributed by atoms with E-state index >= 15 is 0 Å². The molecule has 0 spiro atoms. The third kappa shape index (κ3) is 3.63. The van der Waals surface area contributed by atoms with E-state index in [1.165, 1.54) is 4.57 Å². The van der Waals surface area contributed by atoms with Gasteiger partial charge < -0.3 is 20.5 Å². The van der Waals surface area contributed by atoms with E-state index in [0.29, 0.717) is 42.5 Å². The number of para-hydroxylation sites is 1. The maximum absolute atomic E-state index is 12.7. The van der Waals surface area contributed by atoms with E-state index in [1.807, 2.05) is 29.2 Å². The van der Waals surface area contributed by atoms with Gasteiger partial charge in [-0.2, -0.15) is 5.26 Å². The number of hydrogen-bond acceptors (Lipinski definition) is 5. The van der Waals surface area contributed by atoms with Gasteiger partial charge in [0.1, 0.15) is 11.6 Å². The number of amides is 1. The van der Waals surface area contributed by atoms with Crippen molar-refractivity contribution < 1.29 is 4.79 Å². The first-order valence-electron chi connectivity index (χ1n) is 9.33. The number of pyridine rings is 1. The van der Waals surface area contributed by atoms with Crippen molar-refractivity contribution in [2.24, 2.45) is 7.05 Å². The Morgan fingerprint density at radius 3 is 2.30 bits per heavy atom. The molecular formula is C22H22ClN5O2. The second kappa shape index (κ2) is 8.57. The van der Waals surface area contributed by atoms with Crippen LogP contribution in [0.3, 0.4) is 0 Å². The summed E-state index contributed by atoms with van der Waals surface area (Å²) < 4.78 is 1.51. The summed E-state index contributed by atoms with van der Waals surface area (Å²) >= 11 is 5.90. The fourth-order valence-electron chi connectivity index (χ4n) is 3.82. The molecule has 8 heteroatoms. The van der Waals surface area contributed by atoms with E-state index in [-0.39, 0.29) is 23.2 Å². The van der Waals surface area contributed by atoms with Crippen LogP contribution in [0.5, 0.6) is 0 Å². The van der Waals surface area contributed by atoms with Crippen molar-refractivity contribution in [3.63, 3.8) is 0 Å². The number of benzene rings is 2. The van der Waals surface area contributed by atoms with Crippen LogP contribution in [0, 0.1) is 11.3 Å². The molecule has 2 aromatic carbocycles. The number of hydrogen-bond donors (Lipinski definition) is 1. The van der Waals surface area contributed by atoms with E-state index in [4.69, 9.17) is 11.6 Å². The lowest BCUT2D eigenvalue weighted by Gasteiger charge is -2.37. The highest BCUT2D eigenvalue weighted by molar-refractivity contribution is 6.30. The number of fused-ring (bicyclic) bond motifs is 1. The van der Waals surface area contributed by atoms with Crippen molar-refractivity contribution in [3.05, 3.63) is 75.0 Å². The van der Waals surface area contributed by atoms with Crippen molar-refractivity contribution in [2.45, 2.75) is 0 Å². The lowest BCUT2D eigenvalue weighted by molar-refractivity contribution is 0.0747. The minimum atomic E-state index is -0.305. The van der Waals surface area contributed by atoms with Crippen LogP contribution in [0.2, 0.25) is 5.02 Å². The van der Waals surface area contributed by atoms with Crippen LogP contribution in [-0.4, -0.2) is 41.6 Å². The molecule has 0 bridgehead atoms. The van der Waals surface area contributed by atoms with Gasteiger partial charge in [-0.15, -0.1) is 0 Å². The Morgan fingerprint density at radius 2 is 1.67 bits per heavy atom. The first-order valence-corrected chi connectivity index (χ1v) is 9.70. The molecule has 3 aromatic rings. The normalized spacial score (nSPS) is 13.6. The summed E-state index contributed by atoms with van der Waals surface area (Å²) in [5.74, 6) is -0.0457. The Hall–Kier alpha value is -3.34. The molecular weight excluding hydrogens is 402 g/mol. The van der Waals surface area contributed by atoms with E-state index in [2.05, 4.69) is 6.07 Å². The van der Waals surface area contributed by atoms with Crippen LogP contribution < -0.4 is 16.6 Å². The predicted octanol–water partition coefficient (Wildman–Crippen LogP) is 3.19. The average Bonchev–Trinajstić information content (AvgIpc) is 2.76. The fraction of sp³-hybridized carbons (Fsp3) is 0.227. The lowest BCUT2D eigenvalue weighted by atomic mass is 10.1. The zero-order chi connectivity index (χ0) is 20.5. The first-order chi connectivity index (χ1) is 14.0. The molecule has 3 N–H and O–H groups in total. The summed E-state index contributed by atoms with van der Waals surface area (Å²) in [7, 11) is 1.68. The van der Waals surface area contributed by atoms with E-state index in [9.17, 15) is 14.9 Å². The summed E-state index contributed by atoms with van der Waals surface area (Å²) in [5, 5.41) is 11.1. The average molecular weight is 424 g/mol. The number of piperazine rings is 1. The Balaban J connectivity index is 0.00000256. The maximum Gasteiger partial charge on any atom is 0.270 e. The topological polar surface area (TPSA) is 104 Å². The number of carbonyl (C=O) groups is 1. The van der Waals surface area contributed by atoms with Crippen molar-refractivity contribution in [2.75, 3.05) is 31.1 Å². The minimum absolute atomic E-state index is 0. The fourth-order valence-corrected chi connectivity index (χ4v) is 3.94. The van der Waals surface area contributed by atoms with Crippen LogP contribution >= 0.6 is 11.6 Å². The predicted molar refractivity (Wildman–Crippen MR) is 118 cm³/mol. The standard InChI is InChI=1S/C22H19ClN4O2.H3N/c1-25-19-5-3-2-4-17(19)20(18(14-24)22(25)29)26-10-12-27(13-11-26)21(28)15-6-8-16(23)9-7-15;/h2-9H,10-13H2,1H3;1H3. The van der Waals surface area contributed by atoms with Gasteiger partial charge in [0, 0.05) is 49.2 Å². The molecule has 4 rings (SSSR count). The largest absolute Gasteiger partial charge is 0.366 e. The number of carbonyl (C=O) groups excluding carboxylic acids is 1. The zero-order valence-corrected chi connectivity index (χ0v) is 17.4. The number of nitriles is 1. The second-order valence-corrected chi connectivity index (χ2v) is 7.44. The van der Waals surface area contributed by atoms with Gasteiger partial charge in [-0.3, -0.25) is 9.59 Å². The van der Waals surface area contributed by atoms with Crippen LogP contribution in [0.25, 0.3) is 10.9 Å². The van der Waals surface area contributed by atoms with Crippen molar-refractivity contribution in [1.29, 1.82) is 5.26 Å². The molecule has 1 aliphatic rings. The number of halogens is 1. The van der Waals surface area contributed by atoms with Crippen LogP contribution in [-0.2, 0) is 7.05 Å². The van der Waals surface area contributed by atoms with Crippen LogP contribution in [0.15, 0.2) is 53.3 Å². The molecule has 1 aromatic heterocycles. The summed E-state index contributed by atoms with van der Waals surface area (Å²) in [6.07, 6.45) is 0. The van der Waals surface area contributed by atoms with Crippen molar-refractivity contribution in [1.82, 2.24) is 15.6 Å². The van der Waals surface area contributed by atoms with Gasteiger partial charge in [-0.25, -0.2) is 0 Å². The summed E-state index contributed by atoms with van der Waals surface area (Å²) in [6, 6.07) is 16.5. The van der Waals surface area contributed by atoms with Crippen molar-refractivity contribution in [3.8, 4) is 6.07 Å². The highest BCUT2D eigenvalue weighted by atomic mass is 35.5. The number of anilines is 1. The van der Waals surface area contributed by atoms with Crippen molar-refractivity contribution >= 4 is 34.1 Å². The molecule has 1 amide bonds. The van der Waals surface area contributed by atoms with E-state index < -0.39 is 0 Å². The number of nitrogens with zero attached hydrogens (tertiary/aromatic N) is 4. The van der Waals surface area contributed by atoms with Gasteiger partial charge in [-0.1, -0.05) is 29.8 Å². The third-order valence-corrected chi connectivity index (χ3v) is 5.61.